The maximum Gasteiger partial charge on any atom is 0.355 e. The van der Waals surface area contributed by atoms with E-state index in [-0.39, 0.29) is 11.3 Å². The summed E-state index contributed by atoms with van der Waals surface area (Å²) < 4.78 is 12.1. The molecule has 1 aromatic heterocycles. The summed E-state index contributed by atoms with van der Waals surface area (Å²) in [6.07, 6.45) is 0. The van der Waals surface area contributed by atoms with Crippen LogP contribution in [0.15, 0.2) is 72.8 Å². The summed E-state index contributed by atoms with van der Waals surface area (Å²) in [4.78, 5) is 26.4. The van der Waals surface area contributed by atoms with E-state index in [1.807, 2.05) is 93.6 Å². The smallest absolute Gasteiger partial charge is 0.355 e. The molecular formula is C29H27NO4. The number of carbonyl (C=O) groups is 2. The molecule has 0 aliphatic rings. The van der Waals surface area contributed by atoms with Crippen LogP contribution >= 0.6 is 0 Å². The molecule has 0 saturated heterocycles. The highest BCUT2D eigenvalue weighted by Crippen LogP contribution is 2.42. The van der Waals surface area contributed by atoms with Crippen LogP contribution in [0.1, 0.15) is 37.5 Å². The van der Waals surface area contributed by atoms with E-state index in [2.05, 4.69) is 0 Å². The van der Waals surface area contributed by atoms with Crippen LogP contribution in [-0.2, 0) is 9.47 Å². The first kappa shape index (κ1) is 23.1. The zero-order valence-electron chi connectivity index (χ0n) is 20.0. The van der Waals surface area contributed by atoms with E-state index in [1.54, 1.807) is 4.57 Å². The molecule has 0 aliphatic carbocycles. The minimum Gasteiger partial charge on any atom is -0.465 e. The molecule has 0 aliphatic heterocycles. The molecule has 0 fully saturated rings. The minimum atomic E-state index is -0.618. The highest BCUT2D eigenvalue weighted by atomic mass is 16.5. The molecule has 0 bridgehead atoms. The van der Waals surface area contributed by atoms with Crippen LogP contribution in [0.2, 0.25) is 0 Å². The summed E-state index contributed by atoms with van der Waals surface area (Å²) in [5.74, 6) is -1.22. The summed E-state index contributed by atoms with van der Waals surface area (Å²) >= 11 is 0. The fourth-order valence-electron chi connectivity index (χ4n) is 4.10. The van der Waals surface area contributed by atoms with Gasteiger partial charge in [-0.3, -0.25) is 0 Å². The second-order valence-electron chi connectivity index (χ2n) is 8.33. The van der Waals surface area contributed by atoms with Crippen LogP contribution in [-0.4, -0.2) is 30.7 Å². The highest BCUT2D eigenvalue weighted by Gasteiger charge is 2.34. The highest BCUT2D eigenvalue weighted by molar-refractivity contribution is 6.11. The van der Waals surface area contributed by atoms with Crippen LogP contribution in [0.3, 0.4) is 0 Å². The number of aromatic nitrogens is 1. The van der Waals surface area contributed by atoms with Gasteiger partial charge in [0.15, 0.2) is 0 Å². The van der Waals surface area contributed by atoms with Gasteiger partial charge in [0.1, 0.15) is 11.3 Å². The van der Waals surface area contributed by atoms with Crippen LogP contribution in [0.5, 0.6) is 0 Å². The van der Waals surface area contributed by atoms with Gasteiger partial charge in [-0.15, -0.1) is 0 Å². The summed E-state index contributed by atoms with van der Waals surface area (Å²) in [7, 11) is 2.63. The standard InChI is InChI=1S/C29H27NO4/c1-18-6-12-21(13-7-18)24-25(28(31)33-4)27(29(32)34-5)30(23-16-10-20(3)11-17-23)26(24)22-14-8-19(2)9-15-22/h6-17H,1-5H3. The van der Waals surface area contributed by atoms with Gasteiger partial charge >= 0.3 is 11.9 Å². The summed E-state index contributed by atoms with van der Waals surface area (Å²) in [6.45, 7) is 6.02. The molecule has 1 heterocycles. The third-order valence-electron chi connectivity index (χ3n) is 5.90. The second-order valence-corrected chi connectivity index (χ2v) is 8.33. The summed E-state index contributed by atoms with van der Waals surface area (Å²) in [6, 6.07) is 23.7. The van der Waals surface area contributed by atoms with Gasteiger partial charge in [-0.05, 0) is 44.0 Å². The molecule has 4 rings (SSSR count). The number of methoxy groups -OCH3 is 2. The maximum absolute atomic E-state index is 13.2. The van der Waals surface area contributed by atoms with Gasteiger partial charge in [-0.1, -0.05) is 77.4 Å². The summed E-state index contributed by atoms with van der Waals surface area (Å²) in [5.41, 5.74) is 7.33. The normalized spacial score (nSPS) is 10.7. The van der Waals surface area contributed by atoms with Crippen LogP contribution in [0.25, 0.3) is 28.1 Å². The van der Waals surface area contributed by atoms with Gasteiger partial charge in [-0.25, -0.2) is 9.59 Å². The van der Waals surface area contributed by atoms with Crippen molar-refractivity contribution in [1.29, 1.82) is 0 Å². The van der Waals surface area contributed by atoms with E-state index in [4.69, 9.17) is 9.47 Å². The van der Waals surface area contributed by atoms with Crippen molar-refractivity contribution < 1.29 is 19.1 Å². The molecule has 0 saturated carbocycles. The molecular weight excluding hydrogens is 426 g/mol. The molecule has 3 aromatic carbocycles. The quantitative estimate of drug-likeness (QED) is 0.332. The van der Waals surface area contributed by atoms with Gasteiger partial charge in [-0.2, -0.15) is 0 Å². The van der Waals surface area contributed by atoms with Gasteiger partial charge in [0, 0.05) is 11.3 Å². The predicted molar refractivity (Wildman–Crippen MR) is 134 cm³/mol. The molecule has 5 nitrogen and oxygen atoms in total. The Morgan fingerprint density at radius 3 is 1.53 bits per heavy atom. The van der Waals surface area contributed by atoms with E-state index in [0.717, 1.165) is 33.5 Å². The van der Waals surface area contributed by atoms with E-state index in [1.165, 1.54) is 14.2 Å². The Hall–Kier alpha value is -4.12. The van der Waals surface area contributed by atoms with E-state index < -0.39 is 11.9 Å². The second kappa shape index (κ2) is 9.40. The first-order chi connectivity index (χ1) is 16.3. The Kier molecular flexibility index (Phi) is 6.37. The molecule has 4 aromatic rings. The minimum absolute atomic E-state index is 0.129. The molecule has 172 valence electrons. The van der Waals surface area contributed by atoms with Crippen molar-refractivity contribution in [1.82, 2.24) is 4.57 Å². The van der Waals surface area contributed by atoms with E-state index in [9.17, 15) is 9.59 Å². The molecule has 0 radical (unpaired) electrons. The average Bonchev–Trinajstić information content (AvgIpc) is 3.20. The van der Waals surface area contributed by atoms with Crippen molar-refractivity contribution in [2.24, 2.45) is 0 Å². The van der Waals surface area contributed by atoms with Crippen LogP contribution in [0, 0.1) is 20.8 Å². The Morgan fingerprint density at radius 2 is 1.06 bits per heavy atom. The molecule has 0 amide bonds. The lowest BCUT2D eigenvalue weighted by molar-refractivity contribution is 0.0550. The number of aryl methyl sites for hydroxylation is 3. The summed E-state index contributed by atoms with van der Waals surface area (Å²) in [5, 5.41) is 0. The number of ether oxygens (including phenoxy) is 2. The van der Waals surface area contributed by atoms with Crippen molar-refractivity contribution in [3.8, 4) is 28.1 Å². The van der Waals surface area contributed by atoms with Crippen molar-refractivity contribution in [2.75, 3.05) is 14.2 Å². The van der Waals surface area contributed by atoms with Crippen LogP contribution in [0.4, 0.5) is 0 Å². The Bertz CT molecular complexity index is 1260. The van der Waals surface area contributed by atoms with Crippen molar-refractivity contribution in [3.05, 3.63) is 101 Å². The van der Waals surface area contributed by atoms with E-state index >= 15 is 0 Å². The molecule has 0 spiro atoms. The van der Waals surface area contributed by atoms with Gasteiger partial charge in [0.2, 0.25) is 0 Å². The first-order valence-corrected chi connectivity index (χ1v) is 11.0. The van der Waals surface area contributed by atoms with Gasteiger partial charge in [0.05, 0.1) is 19.9 Å². The zero-order valence-corrected chi connectivity index (χ0v) is 20.0. The predicted octanol–water partition coefficient (Wildman–Crippen LogP) is 6.31. The number of hydrogen-bond donors (Lipinski definition) is 0. The molecule has 34 heavy (non-hydrogen) atoms. The fraction of sp³-hybridized carbons (Fsp3) is 0.172. The van der Waals surface area contributed by atoms with Gasteiger partial charge < -0.3 is 14.0 Å². The Balaban J connectivity index is 2.23. The largest absolute Gasteiger partial charge is 0.465 e. The van der Waals surface area contributed by atoms with Crippen molar-refractivity contribution >= 4 is 11.9 Å². The number of nitrogens with zero attached hydrogens (tertiary/aromatic N) is 1. The number of rotatable bonds is 5. The lowest BCUT2D eigenvalue weighted by Crippen LogP contribution is -2.15. The lowest BCUT2D eigenvalue weighted by Gasteiger charge is -2.15. The van der Waals surface area contributed by atoms with Crippen LogP contribution < -0.4 is 0 Å². The third-order valence-corrected chi connectivity index (χ3v) is 5.90. The van der Waals surface area contributed by atoms with E-state index in [0.29, 0.717) is 11.3 Å². The monoisotopic (exact) mass is 453 g/mol. The molecule has 0 N–H and O–H groups in total. The SMILES string of the molecule is COC(=O)c1c(-c2ccc(C)cc2)c(-c2ccc(C)cc2)n(-c2ccc(C)cc2)c1C(=O)OC. The van der Waals surface area contributed by atoms with Crippen molar-refractivity contribution in [3.63, 3.8) is 0 Å². The number of esters is 2. The number of carbonyl (C=O) groups excluding carboxylic acids is 2. The Morgan fingerprint density at radius 1 is 0.618 bits per heavy atom. The molecule has 0 unspecified atom stereocenters. The topological polar surface area (TPSA) is 57.5 Å². The number of hydrogen-bond acceptors (Lipinski definition) is 4. The third kappa shape index (κ3) is 4.13. The number of benzene rings is 3. The fourth-order valence-corrected chi connectivity index (χ4v) is 4.10. The first-order valence-electron chi connectivity index (χ1n) is 11.0. The molecule has 5 heteroatoms. The Labute approximate surface area is 199 Å². The molecule has 0 atom stereocenters. The lowest BCUT2D eigenvalue weighted by atomic mass is 9.95. The van der Waals surface area contributed by atoms with Gasteiger partial charge in [0.25, 0.3) is 0 Å². The zero-order chi connectivity index (χ0) is 24.4. The maximum atomic E-state index is 13.2. The average molecular weight is 454 g/mol. The van der Waals surface area contributed by atoms with Crippen molar-refractivity contribution in [2.45, 2.75) is 20.8 Å².